The van der Waals surface area contributed by atoms with Gasteiger partial charge in [0.2, 0.25) is 0 Å². The maximum Gasteiger partial charge on any atom is 0.252 e. The maximum absolute atomic E-state index is 12.2. The van der Waals surface area contributed by atoms with Crippen LogP contribution in [0, 0.1) is 6.92 Å². The second-order valence-corrected chi connectivity index (χ2v) is 5.33. The van der Waals surface area contributed by atoms with E-state index in [1.54, 1.807) is 10.9 Å². The van der Waals surface area contributed by atoms with Crippen LogP contribution in [0.4, 0.5) is 0 Å². The summed E-state index contributed by atoms with van der Waals surface area (Å²) in [5, 5.41) is 7.10. The van der Waals surface area contributed by atoms with Crippen molar-refractivity contribution in [3.05, 3.63) is 52.3 Å². The molecule has 0 aliphatic heterocycles. The van der Waals surface area contributed by atoms with E-state index in [4.69, 9.17) is 0 Å². The first kappa shape index (κ1) is 13.8. The van der Waals surface area contributed by atoms with E-state index in [1.165, 1.54) is 0 Å². The van der Waals surface area contributed by atoms with Gasteiger partial charge in [0.25, 0.3) is 5.91 Å². The summed E-state index contributed by atoms with van der Waals surface area (Å²) in [6.07, 6.45) is 3.61. The third-order valence-electron chi connectivity index (χ3n) is 2.83. The first-order chi connectivity index (χ1) is 9.08. The van der Waals surface area contributed by atoms with Crippen LogP contribution in [0.2, 0.25) is 0 Å². The number of rotatable bonds is 4. The molecular weight excluding hydrogens is 306 g/mol. The van der Waals surface area contributed by atoms with Crippen LogP contribution in [0.3, 0.4) is 0 Å². The lowest BCUT2D eigenvalue weighted by molar-refractivity contribution is 0.0935. The molecule has 1 aromatic carbocycles. The molecular formula is C14H16BrN3O. The number of aryl methyl sites for hydroxylation is 1. The maximum atomic E-state index is 12.2. The summed E-state index contributed by atoms with van der Waals surface area (Å²) in [4.78, 5) is 12.2. The van der Waals surface area contributed by atoms with Gasteiger partial charge < -0.3 is 5.32 Å². The molecule has 0 saturated heterocycles. The van der Waals surface area contributed by atoms with Crippen LogP contribution in [0.15, 0.2) is 41.1 Å². The van der Waals surface area contributed by atoms with Crippen LogP contribution < -0.4 is 5.32 Å². The molecule has 1 aromatic heterocycles. The average molecular weight is 322 g/mol. The van der Waals surface area contributed by atoms with Gasteiger partial charge in [-0.15, -0.1) is 0 Å². The number of halogens is 1. The van der Waals surface area contributed by atoms with Gasteiger partial charge in [0.1, 0.15) is 0 Å². The van der Waals surface area contributed by atoms with E-state index in [9.17, 15) is 4.79 Å². The van der Waals surface area contributed by atoms with Gasteiger partial charge in [0, 0.05) is 22.9 Å². The predicted molar refractivity (Wildman–Crippen MR) is 78.0 cm³/mol. The van der Waals surface area contributed by atoms with Crippen molar-refractivity contribution >= 4 is 21.8 Å². The molecule has 0 fully saturated rings. The number of nitrogens with zero attached hydrogens (tertiary/aromatic N) is 2. The molecule has 1 N–H and O–H groups in total. The lowest BCUT2D eigenvalue weighted by Crippen LogP contribution is -2.36. The lowest BCUT2D eigenvalue weighted by atomic mass is 10.1. The van der Waals surface area contributed by atoms with Crippen molar-refractivity contribution in [3.63, 3.8) is 0 Å². The number of aromatic nitrogens is 2. The molecule has 0 spiro atoms. The molecule has 0 saturated carbocycles. The molecule has 0 bridgehead atoms. The second-order valence-electron chi connectivity index (χ2n) is 4.54. The van der Waals surface area contributed by atoms with Gasteiger partial charge in [-0.2, -0.15) is 5.10 Å². The third-order valence-corrected chi connectivity index (χ3v) is 3.89. The van der Waals surface area contributed by atoms with Crippen LogP contribution in [-0.4, -0.2) is 21.7 Å². The number of hydrogen-bond donors (Lipinski definition) is 1. The zero-order valence-electron chi connectivity index (χ0n) is 10.9. The number of hydrogen-bond acceptors (Lipinski definition) is 2. The van der Waals surface area contributed by atoms with Crippen molar-refractivity contribution in [2.24, 2.45) is 0 Å². The zero-order chi connectivity index (χ0) is 13.8. The van der Waals surface area contributed by atoms with E-state index < -0.39 is 0 Å². The fraction of sp³-hybridized carbons (Fsp3) is 0.286. The third kappa shape index (κ3) is 3.44. The molecule has 1 atom stereocenters. The van der Waals surface area contributed by atoms with E-state index in [0.29, 0.717) is 12.1 Å². The molecule has 2 aromatic rings. The molecule has 0 aliphatic carbocycles. The SMILES string of the molecule is Cc1cccc(C(=O)NC(C)Cn2cccn2)c1Br. The smallest absolute Gasteiger partial charge is 0.252 e. The van der Waals surface area contributed by atoms with Gasteiger partial charge in [0.15, 0.2) is 0 Å². The number of carbonyl (C=O) groups excluding carboxylic acids is 1. The van der Waals surface area contributed by atoms with Crippen LogP contribution in [0.25, 0.3) is 0 Å². The highest BCUT2D eigenvalue weighted by molar-refractivity contribution is 9.10. The largest absolute Gasteiger partial charge is 0.348 e. The summed E-state index contributed by atoms with van der Waals surface area (Å²) in [5.41, 5.74) is 1.71. The molecule has 100 valence electrons. The Kier molecular flexibility index (Phi) is 4.37. The standard InChI is InChI=1S/C14H16BrN3O/c1-10-5-3-6-12(13(10)15)14(19)17-11(2)9-18-8-4-7-16-18/h3-8,11H,9H2,1-2H3,(H,17,19). The Balaban J connectivity index is 2.02. The minimum atomic E-state index is -0.0739. The Hall–Kier alpha value is -1.62. The summed E-state index contributed by atoms with van der Waals surface area (Å²) in [7, 11) is 0. The van der Waals surface area contributed by atoms with Crippen molar-refractivity contribution in [3.8, 4) is 0 Å². The Bertz CT molecular complexity index is 566. The van der Waals surface area contributed by atoms with Gasteiger partial charge in [-0.3, -0.25) is 9.48 Å². The fourth-order valence-electron chi connectivity index (χ4n) is 1.86. The van der Waals surface area contributed by atoms with Gasteiger partial charge in [-0.1, -0.05) is 12.1 Å². The molecule has 4 nitrogen and oxygen atoms in total. The van der Waals surface area contributed by atoms with Crippen molar-refractivity contribution in [2.45, 2.75) is 26.4 Å². The topological polar surface area (TPSA) is 46.9 Å². The summed E-state index contributed by atoms with van der Waals surface area (Å²) in [6.45, 7) is 4.58. The van der Waals surface area contributed by atoms with E-state index in [1.807, 2.05) is 44.3 Å². The minimum Gasteiger partial charge on any atom is -0.348 e. The van der Waals surface area contributed by atoms with Gasteiger partial charge in [-0.05, 0) is 47.5 Å². The predicted octanol–water partition coefficient (Wildman–Crippen LogP) is 2.77. The quantitative estimate of drug-likeness (QED) is 0.941. The van der Waals surface area contributed by atoms with E-state index in [2.05, 4.69) is 26.3 Å². The van der Waals surface area contributed by atoms with Crippen LogP contribution in [0.5, 0.6) is 0 Å². The molecule has 2 rings (SSSR count). The normalized spacial score (nSPS) is 12.2. The van der Waals surface area contributed by atoms with E-state index >= 15 is 0 Å². The first-order valence-corrected chi connectivity index (χ1v) is 6.90. The zero-order valence-corrected chi connectivity index (χ0v) is 12.5. The monoisotopic (exact) mass is 321 g/mol. The number of benzene rings is 1. The highest BCUT2D eigenvalue weighted by atomic mass is 79.9. The summed E-state index contributed by atoms with van der Waals surface area (Å²) >= 11 is 3.45. The molecule has 1 unspecified atom stereocenters. The summed E-state index contributed by atoms with van der Waals surface area (Å²) in [5.74, 6) is -0.0739. The van der Waals surface area contributed by atoms with Gasteiger partial charge in [0.05, 0.1) is 12.1 Å². The van der Waals surface area contributed by atoms with Crippen LogP contribution in [0.1, 0.15) is 22.8 Å². The van der Waals surface area contributed by atoms with E-state index in [0.717, 1.165) is 10.0 Å². The van der Waals surface area contributed by atoms with Gasteiger partial charge >= 0.3 is 0 Å². The Morgan fingerprint density at radius 1 is 1.47 bits per heavy atom. The lowest BCUT2D eigenvalue weighted by Gasteiger charge is -2.15. The highest BCUT2D eigenvalue weighted by Crippen LogP contribution is 2.20. The van der Waals surface area contributed by atoms with Crippen molar-refractivity contribution in [1.82, 2.24) is 15.1 Å². The highest BCUT2D eigenvalue weighted by Gasteiger charge is 2.14. The van der Waals surface area contributed by atoms with Crippen LogP contribution >= 0.6 is 15.9 Å². The summed E-state index contributed by atoms with van der Waals surface area (Å²) < 4.78 is 2.65. The van der Waals surface area contributed by atoms with Crippen molar-refractivity contribution < 1.29 is 4.79 Å². The molecule has 5 heteroatoms. The minimum absolute atomic E-state index is 0.0137. The van der Waals surface area contributed by atoms with Crippen molar-refractivity contribution in [2.75, 3.05) is 0 Å². The van der Waals surface area contributed by atoms with E-state index in [-0.39, 0.29) is 11.9 Å². The molecule has 0 aliphatic rings. The number of amides is 1. The number of nitrogens with one attached hydrogen (secondary N) is 1. The molecule has 0 radical (unpaired) electrons. The van der Waals surface area contributed by atoms with Gasteiger partial charge in [-0.25, -0.2) is 0 Å². The second kappa shape index (κ2) is 6.02. The number of carbonyl (C=O) groups is 1. The van der Waals surface area contributed by atoms with Crippen LogP contribution in [-0.2, 0) is 6.54 Å². The molecule has 1 heterocycles. The van der Waals surface area contributed by atoms with Crippen molar-refractivity contribution in [1.29, 1.82) is 0 Å². The Morgan fingerprint density at radius 2 is 2.26 bits per heavy atom. The first-order valence-electron chi connectivity index (χ1n) is 6.11. The Labute approximate surface area is 120 Å². The average Bonchev–Trinajstić information content (AvgIpc) is 2.85. The fourth-order valence-corrected chi connectivity index (χ4v) is 2.30. The summed E-state index contributed by atoms with van der Waals surface area (Å²) in [6, 6.07) is 7.54. The Morgan fingerprint density at radius 3 is 2.95 bits per heavy atom. The molecule has 19 heavy (non-hydrogen) atoms. The molecule has 1 amide bonds.